The van der Waals surface area contributed by atoms with E-state index in [0.29, 0.717) is 18.4 Å². The molecule has 22 heavy (non-hydrogen) atoms. The van der Waals surface area contributed by atoms with Crippen LogP contribution in [0.25, 0.3) is 6.08 Å². The Balaban J connectivity index is 3.14. The van der Waals surface area contributed by atoms with Gasteiger partial charge in [-0.1, -0.05) is 86.5 Å². The number of benzene rings is 1. The van der Waals surface area contributed by atoms with Crippen LogP contribution < -0.4 is 0 Å². The summed E-state index contributed by atoms with van der Waals surface area (Å²) in [5, 5.41) is 2.30. The SMILES string of the molecule is CCOC(=O)/[C](=C/c1ccccc1)[Al]([CH2]C(C)C)[CH2]C(C)C. The van der Waals surface area contributed by atoms with Crippen molar-refractivity contribution in [1.82, 2.24) is 0 Å². The molecule has 0 aromatic heterocycles. The number of hydrogen-bond donors (Lipinski definition) is 0. The lowest BCUT2D eigenvalue weighted by atomic mass is 10.2. The van der Waals surface area contributed by atoms with Crippen molar-refractivity contribution in [2.75, 3.05) is 6.61 Å². The van der Waals surface area contributed by atoms with Crippen molar-refractivity contribution >= 4 is 26.2 Å². The molecule has 2 nitrogen and oxygen atoms in total. The molecule has 0 N–H and O–H groups in total. The van der Waals surface area contributed by atoms with E-state index >= 15 is 0 Å². The third-order valence-corrected chi connectivity index (χ3v) is 7.89. The predicted molar refractivity (Wildman–Crippen MR) is 96.1 cm³/mol. The number of hydrogen-bond acceptors (Lipinski definition) is 2. The normalized spacial score (nSPS) is 11.9. The van der Waals surface area contributed by atoms with E-state index < -0.39 is 14.1 Å². The molecule has 3 heteroatoms. The fraction of sp³-hybridized carbons (Fsp3) is 0.526. The lowest BCUT2D eigenvalue weighted by Crippen LogP contribution is -2.27. The van der Waals surface area contributed by atoms with E-state index in [1.807, 2.05) is 25.1 Å². The van der Waals surface area contributed by atoms with Gasteiger partial charge in [0, 0.05) is 0 Å². The number of esters is 1. The molecule has 0 bridgehead atoms. The Morgan fingerprint density at radius 1 is 1.09 bits per heavy atom. The lowest BCUT2D eigenvalue weighted by molar-refractivity contribution is -0.137. The average molecular weight is 316 g/mol. The van der Waals surface area contributed by atoms with Crippen LogP contribution in [0.1, 0.15) is 40.2 Å². The second-order valence-electron chi connectivity index (χ2n) is 6.69. The van der Waals surface area contributed by atoms with Crippen LogP contribution in [0.5, 0.6) is 0 Å². The van der Waals surface area contributed by atoms with E-state index in [1.165, 1.54) is 0 Å². The van der Waals surface area contributed by atoms with Crippen LogP contribution in [0.15, 0.2) is 34.8 Å². The summed E-state index contributed by atoms with van der Waals surface area (Å²) in [5.74, 6) is 1.12. The van der Waals surface area contributed by atoms with E-state index in [9.17, 15) is 4.79 Å². The smallest absolute Gasteiger partial charge is 0.318 e. The molecule has 0 spiro atoms. The van der Waals surface area contributed by atoms with Gasteiger partial charge in [0.2, 0.25) is 0 Å². The second-order valence-corrected chi connectivity index (χ2v) is 9.65. The molecule has 0 atom stereocenters. The standard InChI is InChI=1S/C11H11O2.2C4H9.Al/c1-2-13-11(12)9-8-10-6-4-3-5-7-10;2*1-4(2)3;/h3-8H,2H2,1H3;2*4H,1H2,2-3H3;. The summed E-state index contributed by atoms with van der Waals surface area (Å²) >= 11 is -1.34. The molecule has 0 aliphatic heterocycles. The molecule has 0 fully saturated rings. The first-order valence-electron chi connectivity index (χ1n) is 8.37. The van der Waals surface area contributed by atoms with E-state index in [1.54, 1.807) is 0 Å². The van der Waals surface area contributed by atoms with Crippen molar-refractivity contribution in [1.29, 1.82) is 0 Å². The Morgan fingerprint density at radius 3 is 2.09 bits per heavy atom. The van der Waals surface area contributed by atoms with Crippen LogP contribution in [0.2, 0.25) is 10.6 Å². The Labute approximate surface area is 140 Å². The van der Waals surface area contributed by atoms with Crippen molar-refractivity contribution in [3.05, 3.63) is 40.3 Å². The van der Waals surface area contributed by atoms with E-state index in [4.69, 9.17) is 4.74 Å². The van der Waals surface area contributed by atoms with Gasteiger partial charge in [0.1, 0.15) is 0 Å². The first-order chi connectivity index (χ1) is 10.4. The van der Waals surface area contributed by atoms with E-state index in [2.05, 4.69) is 45.9 Å². The molecule has 1 aromatic carbocycles. The Bertz CT molecular complexity index is 467. The zero-order chi connectivity index (χ0) is 16.5. The summed E-state index contributed by atoms with van der Waals surface area (Å²) in [6, 6.07) is 10.1. The van der Waals surface area contributed by atoms with Gasteiger partial charge in [-0.05, 0) is 16.9 Å². The van der Waals surface area contributed by atoms with Gasteiger partial charge < -0.3 is 4.74 Å². The Morgan fingerprint density at radius 2 is 1.64 bits per heavy atom. The maximum absolute atomic E-state index is 12.5. The second kappa shape index (κ2) is 9.87. The van der Waals surface area contributed by atoms with Crippen LogP contribution in [-0.4, -0.2) is 26.7 Å². The zero-order valence-corrected chi connectivity index (χ0v) is 15.8. The minimum absolute atomic E-state index is 0.107. The van der Waals surface area contributed by atoms with Crippen molar-refractivity contribution < 1.29 is 9.53 Å². The number of carbonyl (C=O) groups is 1. The highest BCUT2D eigenvalue weighted by molar-refractivity contribution is 6.73. The fourth-order valence-electron chi connectivity index (χ4n) is 2.77. The molecule has 0 amide bonds. The highest BCUT2D eigenvalue weighted by Gasteiger charge is 2.29. The van der Waals surface area contributed by atoms with Gasteiger partial charge in [-0.25, -0.2) is 4.79 Å². The fourth-order valence-corrected chi connectivity index (χ4v) is 6.60. The van der Waals surface area contributed by atoms with Gasteiger partial charge in [-0.2, -0.15) is 0 Å². The molecule has 0 aliphatic carbocycles. The summed E-state index contributed by atoms with van der Waals surface area (Å²) in [6.45, 7) is 11.3. The van der Waals surface area contributed by atoms with Gasteiger partial charge in [-0.15, -0.1) is 0 Å². The van der Waals surface area contributed by atoms with Crippen LogP contribution in [0, 0.1) is 11.8 Å². The van der Waals surface area contributed by atoms with Crippen molar-refractivity contribution in [3.63, 3.8) is 0 Å². The molecule has 1 aromatic rings. The molecule has 0 radical (unpaired) electrons. The highest BCUT2D eigenvalue weighted by Crippen LogP contribution is 2.23. The number of rotatable bonds is 8. The first-order valence-corrected chi connectivity index (χ1v) is 10.6. The minimum Gasteiger partial charge on any atom is -0.464 e. The molecule has 1 rings (SSSR count). The molecule has 120 valence electrons. The van der Waals surface area contributed by atoms with Crippen molar-refractivity contribution in [3.8, 4) is 0 Å². The van der Waals surface area contributed by atoms with Crippen molar-refractivity contribution in [2.45, 2.75) is 45.2 Å². The molecular formula is C19H29AlO2. The Kier molecular flexibility index (Phi) is 8.53. The summed E-state index contributed by atoms with van der Waals surface area (Å²) in [6.07, 6.45) is 2.07. The largest absolute Gasteiger partial charge is 0.464 e. The zero-order valence-electron chi connectivity index (χ0n) is 14.6. The van der Waals surface area contributed by atoms with Crippen LogP contribution in [0.3, 0.4) is 0 Å². The van der Waals surface area contributed by atoms with Gasteiger partial charge >= 0.3 is 20.1 Å². The third-order valence-electron chi connectivity index (χ3n) is 3.58. The van der Waals surface area contributed by atoms with Gasteiger partial charge in [0.05, 0.1) is 6.61 Å². The molecule has 0 saturated heterocycles. The molecule has 0 aliphatic rings. The number of ether oxygens (including phenoxy) is 1. The number of carbonyl (C=O) groups excluding carboxylic acids is 1. The first kappa shape index (κ1) is 19.0. The summed E-state index contributed by atoms with van der Waals surface area (Å²) in [4.78, 5) is 12.5. The van der Waals surface area contributed by atoms with E-state index in [0.717, 1.165) is 20.6 Å². The van der Waals surface area contributed by atoms with Crippen LogP contribution >= 0.6 is 0 Å². The lowest BCUT2D eigenvalue weighted by Gasteiger charge is -2.19. The topological polar surface area (TPSA) is 26.3 Å². The minimum atomic E-state index is -1.34. The van der Waals surface area contributed by atoms with Gasteiger partial charge in [0.25, 0.3) is 0 Å². The predicted octanol–water partition coefficient (Wildman–Crippen LogP) is 4.98. The quantitative estimate of drug-likeness (QED) is 0.384. The summed E-state index contributed by atoms with van der Waals surface area (Å²) in [7, 11) is 0. The monoisotopic (exact) mass is 316 g/mol. The molecule has 0 unspecified atom stereocenters. The Hall–Kier alpha value is -1.04. The third kappa shape index (κ3) is 6.82. The molecule has 0 heterocycles. The van der Waals surface area contributed by atoms with Crippen LogP contribution in [-0.2, 0) is 9.53 Å². The van der Waals surface area contributed by atoms with Gasteiger partial charge in [0.15, 0.2) is 0 Å². The van der Waals surface area contributed by atoms with E-state index in [-0.39, 0.29) is 5.97 Å². The van der Waals surface area contributed by atoms with Crippen LogP contribution in [0.4, 0.5) is 0 Å². The van der Waals surface area contributed by atoms with Gasteiger partial charge in [-0.3, -0.25) is 0 Å². The highest BCUT2D eigenvalue weighted by atomic mass is 27.2. The van der Waals surface area contributed by atoms with Crippen molar-refractivity contribution in [2.24, 2.45) is 11.8 Å². The maximum atomic E-state index is 12.5. The molecule has 0 saturated carbocycles. The summed E-state index contributed by atoms with van der Waals surface area (Å²) in [5.41, 5.74) is 1.09. The maximum Gasteiger partial charge on any atom is 0.318 e. The summed E-state index contributed by atoms with van der Waals surface area (Å²) < 4.78 is 6.30. The average Bonchev–Trinajstić information content (AvgIpc) is 2.44. The molecular weight excluding hydrogens is 287 g/mol.